The Bertz CT molecular complexity index is 467. The summed E-state index contributed by atoms with van der Waals surface area (Å²) in [6.07, 6.45) is 1.16. The molecule has 4 heteroatoms. The smallest absolute Gasteiger partial charge is 0.175 e. The van der Waals surface area contributed by atoms with Crippen LogP contribution in [0.2, 0.25) is 0 Å². The summed E-state index contributed by atoms with van der Waals surface area (Å²) in [5.41, 5.74) is 0.420. The Balaban J connectivity index is 3.43. The number of benzene rings is 1. The molecule has 0 aliphatic heterocycles. The Labute approximate surface area is 90.7 Å². The van der Waals surface area contributed by atoms with E-state index >= 15 is 0 Å². The van der Waals surface area contributed by atoms with Crippen LogP contribution in [0.15, 0.2) is 23.1 Å². The third-order valence-electron chi connectivity index (χ3n) is 2.19. The van der Waals surface area contributed by atoms with Gasteiger partial charge in [-0.2, -0.15) is 0 Å². The van der Waals surface area contributed by atoms with Crippen molar-refractivity contribution in [3.8, 4) is 0 Å². The molecule has 1 aromatic rings. The number of aliphatic hydroxyl groups is 1. The van der Waals surface area contributed by atoms with Crippen LogP contribution in [0.3, 0.4) is 0 Å². The van der Waals surface area contributed by atoms with Crippen LogP contribution in [0.4, 0.5) is 0 Å². The predicted octanol–water partition coefficient (Wildman–Crippen LogP) is 1.63. The van der Waals surface area contributed by atoms with Crippen LogP contribution in [0.1, 0.15) is 25.0 Å². The van der Waals surface area contributed by atoms with Crippen LogP contribution in [0, 0.1) is 6.92 Å². The topological polar surface area (TPSA) is 54.4 Å². The van der Waals surface area contributed by atoms with Gasteiger partial charge < -0.3 is 5.11 Å². The second-order valence-electron chi connectivity index (χ2n) is 4.37. The van der Waals surface area contributed by atoms with Crippen molar-refractivity contribution in [2.45, 2.75) is 31.3 Å². The Morgan fingerprint density at radius 1 is 1.20 bits per heavy atom. The van der Waals surface area contributed by atoms with Gasteiger partial charge in [-0.15, -0.1) is 0 Å². The lowest BCUT2D eigenvalue weighted by atomic mass is 9.97. The molecule has 0 amide bonds. The van der Waals surface area contributed by atoms with Gasteiger partial charge in [0.25, 0.3) is 0 Å². The summed E-state index contributed by atoms with van der Waals surface area (Å²) in [7, 11) is -3.22. The number of rotatable bonds is 2. The number of aryl methyl sites for hydroxylation is 1. The van der Waals surface area contributed by atoms with E-state index in [1.807, 2.05) is 6.92 Å². The first-order chi connectivity index (χ1) is 6.60. The van der Waals surface area contributed by atoms with E-state index in [0.717, 1.165) is 11.8 Å². The van der Waals surface area contributed by atoms with E-state index < -0.39 is 15.4 Å². The SMILES string of the molecule is Cc1cc(C(C)(C)O)cc(S(C)(=O)=O)c1. The van der Waals surface area contributed by atoms with Crippen LogP contribution >= 0.6 is 0 Å². The maximum Gasteiger partial charge on any atom is 0.175 e. The van der Waals surface area contributed by atoms with Crippen molar-refractivity contribution in [2.24, 2.45) is 0 Å². The fraction of sp³-hybridized carbons (Fsp3) is 0.455. The van der Waals surface area contributed by atoms with Gasteiger partial charge in [-0.1, -0.05) is 6.07 Å². The van der Waals surface area contributed by atoms with E-state index in [2.05, 4.69) is 0 Å². The molecule has 15 heavy (non-hydrogen) atoms. The molecular weight excluding hydrogens is 212 g/mol. The van der Waals surface area contributed by atoms with Gasteiger partial charge >= 0.3 is 0 Å². The fourth-order valence-electron chi connectivity index (χ4n) is 1.32. The Morgan fingerprint density at radius 3 is 2.13 bits per heavy atom. The van der Waals surface area contributed by atoms with Gasteiger partial charge in [-0.3, -0.25) is 0 Å². The minimum Gasteiger partial charge on any atom is -0.386 e. The standard InChI is InChI=1S/C11H16O3S/c1-8-5-9(11(2,3)12)7-10(6-8)15(4,13)14/h5-7,12H,1-4H3. The van der Waals surface area contributed by atoms with E-state index in [-0.39, 0.29) is 4.90 Å². The molecule has 0 aliphatic carbocycles. The van der Waals surface area contributed by atoms with E-state index in [0.29, 0.717) is 5.56 Å². The molecule has 0 atom stereocenters. The van der Waals surface area contributed by atoms with Gasteiger partial charge in [0.1, 0.15) is 0 Å². The van der Waals surface area contributed by atoms with Gasteiger partial charge in [-0.25, -0.2) is 8.42 Å². The third kappa shape index (κ3) is 3.04. The molecule has 0 bridgehead atoms. The summed E-state index contributed by atoms with van der Waals surface area (Å²) in [6.45, 7) is 5.07. The van der Waals surface area contributed by atoms with Crippen molar-refractivity contribution in [3.63, 3.8) is 0 Å². The molecule has 0 saturated heterocycles. The predicted molar refractivity (Wildman–Crippen MR) is 59.5 cm³/mol. The van der Waals surface area contributed by atoms with Gasteiger partial charge in [0, 0.05) is 6.26 Å². The molecule has 0 unspecified atom stereocenters. The van der Waals surface area contributed by atoms with Crippen LogP contribution in [0.5, 0.6) is 0 Å². The molecule has 84 valence electrons. The second-order valence-corrected chi connectivity index (χ2v) is 6.38. The molecule has 0 aliphatic rings. The van der Waals surface area contributed by atoms with Gasteiger partial charge in [0.15, 0.2) is 9.84 Å². The van der Waals surface area contributed by atoms with Crippen LogP contribution < -0.4 is 0 Å². The average Bonchev–Trinajstić information content (AvgIpc) is 1.99. The van der Waals surface area contributed by atoms with Crippen LogP contribution in [-0.2, 0) is 15.4 Å². The minimum absolute atomic E-state index is 0.250. The maximum absolute atomic E-state index is 11.4. The normalized spacial score (nSPS) is 12.9. The van der Waals surface area contributed by atoms with Crippen molar-refractivity contribution < 1.29 is 13.5 Å². The second kappa shape index (κ2) is 3.61. The van der Waals surface area contributed by atoms with Crippen molar-refractivity contribution >= 4 is 9.84 Å². The molecule has 0 fully saturated rings. The Hall–Kier alpha value is -0.870. The lowest BCUT2D eigenvalue weighted by molar-refractivity contribution is 0.0783. The highest BCUT2D eigenvalue weighted by molar-refractivity contribution is 7.90. The molecule has 0 heterocycles. The lowest BCUT2D eigenvalue weighted by Gasteiger charge is -2.19. The summed E-state index contributed by atoms with van der Waals surface area (Å²) in [4.78, 5) is 0.250. The van der Waals surface area contributed by atoms with Crippen LogP contribution in [-0.4, -0.2) is 19.8 Å². The summed E-state index contributed by atoms with van der Waals surface area (Å²) < 4.78 is 22.8. The van der Waals surface area contributed by atoms with E-state index in [4.69, 9.17) is 0 Å². The lowest BCUT2D eigenvalue weighted by Crippen LogP contribution is -2.16. The summed E-state index contributed by atoms with van der Waals surface area (Å²) in [5.74, 6) is 0. The highest BCUT2D eigenvalue weighted by Gasteiger charge is 2.19. The Morgan fingerprint density at radius 2 is 1.73 bits per heavy atom. The van der Waals surface area contributed by atoms with Crippen LogP contribution in [0.25, 0.3) is 0 Å². The van der Waals surface area contributed by atoms with Gasteiger partial charge in [0.05, 0.1) is 10.5 Å². The monoisotopic (exact) mass is 228 g/mol. The van der Waals surface area contributed by atoms with E-state index in [1.54, 1.807) is 26.0 Å². The molecule has 0 spiro atoms. The van der Waals surface area contributed by atoms with Crippen molar-refractivity contribution in [1.82, 2.24) is 0 Å². The molecule has 3 nitrogen and oxygen atoms in total. The molecule has 0 saturated carbocycles. The zero-order valence-corrected chi connectivity index (χ0v) is 10.2. The van der Waals surface area contributed by atoms with Crippen molar-refractivity contribution in [3.05, 3.63) is 29.3 Å². The fourth-order valence-corrected chi connectivity index (χ4v) is 2.06. The average molecular weight is 228 g/mol. The van der Waals surface area contributed by atoms with Gasteiger partial charge in [-0.05, 0) is 44.0 Å². The molecule has 1 rings (SSSR count). The van der Waals surface area contributed by atoms with Crippen molar-refractivity contribution in [2.75, 3.05) is 6.26 Å². The molecule has 1 aromatic carbocycles. The number of sulfone groups is 1. The first-order valence-electron chi connectivity index (χ1n) is 4.65. The zero-order chi connectivity index (χ0) is 11.9. The highest BCUT2D eigenvalue weighted by atomic mass is 32.2. The summed E-state index contributed by atoms with van der Waals surface area (Å²) in [5, 5.41) is 9.81. The molecule has 0 radical (unpaired) electrons. The summed E-state index contributed by atoms with van der Waals surface area (Å²) >= 11 is 0. The largest absolute Gasteiger partial charge is 0.386 e. The maximum atomic E-state index is 11.4. The van der Waals surface area contributed by atoms with E-state index in [1.165, 1.54) is 6.07 Å². The number of hydrogen-bond acceptors (Lipinski definition) is 3. The van der Waals surface area contributed by atoms with Crippen molar-refractivity contribution in [1.29, 1.82) is 0 Å². The third-order valence-corrected chi connectivity index (χ3v) is 3.28. The molecular formula is C11H16O3S. The first kappa shape index (κ1) is 12.2. The first-order valence-corrected chi connectivity index (χ1v) is 6.54. The quantitative estimate of drug-likeness (QED) is 0.837. The minimum atomic E-state index is -3.22. The van der Waals surface area contributed by atoms with E-state index in [9.17, 15) is 13.5 Å². The molecule has 0 aromatic heterocycles. The highest BCUT2D eigenvalue weighted by Crippen LogP contribution is 2.24. The molecule has 1 N–H and O–H groups in total. The number of hydrogen-bond donors (Lipinski definition) is 1. The Kier molecular flexibility index (Phi) is 2.94. The zero-order valence-electron chi connectivity index (χ0n) is 9.40. The van der Waals surface area contributed by atoms with Gasteiger partial charge in [0.2, 0.25) is 0 Å². The summed E-state index contributed by atoms with van der Waals surface area (Å²) in [6, 6.07) is 4.90.